The summed E-state index contributed by atoms with van der Waals surface area (Å²) in [4.78, 5) is 34.1. The van der Waals surface area contributed by atoms with Crippen molar-refractivity contribution in [3.63, 3.8) is 0 Å². The van der Waals surface area contributed by atoms with E-state index in [1.165, 1.54) is 6.08 Å². The Morgan fingerprint density at radius 1 is 1.46 bits per heavy atom. The van der Waals surface area contributed by atoms with Crippen LogP contribution in [-0.2, 0) is 4.79 Å². The summed E-state index contributed by atoms with van der Waals surface area (Å²) >= 11 is 0. The molecule has 6 heteroatoms. The van der Waals surface area contributed by atoms with Crippen LogP contribution < -0.4 is 5.32 Å². The van der Waals surface area contributed by atoms with E-state index in [1.54, 1.807) is 12.4 Å². The van der Waals surface area contributed by atoms with E-state index in [0.29, 0.717) is 12.1 Å². The maximum absolute atomic E-state index is 12.9. The number of likely N-dealkylation sites (tertiary alicyclic amines) is 1. The number of pyridine rings is 1. The monoisotopic (exact) mass is 352 g/mol. The summed E-state index contributed by atoms with van der Waals surface area (Å²) in [5.74, 6) is 0.155. The molecule has 2 aromatic rings. The van der Waals surface area contributed by atoms with E-state index >= 15 is 0 Å². The molecule has 4 rings (SSSR count). The summed E-state index contributed by atoms with van der Waals surface area (Å²) in [5.41, 5.74) is 2.12. The molecule has 26 heavy (non-hydrogen) atoms. The second-order valence-corrected chi connectivity index (χ2v) is 7.65. The maximum atomic E-state index is 12.9. The minimum absolute atomic E-state index is 0.0319. The number of amides is 1. The highest BCUT2D eigenvalue weighted by Crippen LogP contribution is 2.48. The first-order chi connectivity index (χ1) is 12.5. The number of aromatic amines is 1. The Kier molecular flexibility index (Phi) is 4.05. The number of nitrogens with zero attached hydrogens (tertiary/aromatic N) is 2. The molecule has 1 atom stereocenters. The molecule has 2 fully saturated rings. The van der Waals surface area contributed by atoms with E-state index in [-0.39, 0.29) is 23.1 Å². The first kappa shape index (κ1) is 16.8. The second-order valence-electron chi connectivity index (χ2n) is 7.65. The second kappa shape index (κ2) is 6.27. The van der Waals surface area contributed by atoms with Gasteiger partial charge in [-0.1, -0.05) is 13.5 Å². The summed E-state index contributed by atoms with van der Waals surface area (Å²) in [7, 11) is 0. The van der Waals surface area contributed by atoms with Crippen LogP contribution >= 0.6 is 0 Å². The molecule has 1 saturated carbocycles. The lowest BCUT2D eigenvalue weighted by atomic mass is 9.96. The van der Waals surface area contributed by atoms with Gasteiger partial charge in [0.2, 0.25) is 5.91 Å². The van der Waals surface area contributed by atoms with E-state index in [2.05, 4.69) is 21.9 Å². The van der Waals surface area contributed by atoms with Crippen molar-refractivity contribution in [1.29, 1.82) is 0 Å². The number of anilines is 1. The van der Waals surface area contributed by atoms with Gasteiger partial charge in [0.05, 0.1) is 5.39 Å². The number of H-pyrrole nitrogens is 1. The third kappa shape index (κ3) is 2.89. The molecular weight excluding hydrogens is 328 g/mol. The lowest BCUT2D eigenvalue weighted by molar-refractivity contribution is -0.127. The van der Waals surface area contributed by atoms with Crippen molar-refractivity contribution < 1.29 is 9.59 Å². The number of nitrogens with one attached hydrogen (secondary N) is 2. The fourth-order valence-corrected chi connectivity index (χ4v) is 3.74. The molecule has 136 valence electrons. The van der Waals surface area contributed by atoms with Crippen molar-refractivity contribution in [2.24, 2.45) is 5.41 Å². The summed E-state index contributed by atoms with van der Waals surface area (Å²) in [6.07, 6.45) is 8.71. The van der Waals surface area contributed by atoms with Gasteiger partial charge in [0, 0.05) is 48.2 Å². The fourth-order valence-electron chi connectivity index (χ4n) is 3.74. The van der Waals surface area contributed by atoms with E-state index in [4.69, 9.17) is 0 Å². The van der Waals surface area contributed by atoms with Crippen LogP contribution in [0.4, 0.5) is 5.69 Å². The summed E-state index contributed by atoms with van der Waals surface area (Å²) in [6.45, 7) is 7.01. The van der Waals surface area contributed by atoms with Gasteiger partial charge in [0.15, 0.2) is 5.78 Å². The number of carbonyl (C=O) groups excluding carboxylic acids is 2. The Morgan fingerprint density at radius 2 is 2.27 bits per heavy atom. The summed E-state index contributed by atoms with van der Waals surface area (Å²) in [5, 5.41) is 4.40. The van der Waals surface area contributed by atoms with E-state index in [1.807, 2.05) is 17.9 Å². The minimum atomic E-state index is -0.222. The van der Waals surface area contributed by atoms with Gasteiger partial charge in [-0.05, 0) is 37.8 Å². The Hall–Kier alpha value is -2.63. The van der Waals surface area contributed by atoms with Crippen molar-refractivity contribution in [3.05, 3.63) is 36.7 Å². The fraction of sp³-hybridized carbons (Fsp3) is 0.450. The molecular formula is C20H24N4O2. The van der Waals surface area contributed by atoms with Gasteiger partial charge in [0.25, 0.3) is 0 Å². The molecule has 2 aromatic heterocycles. The van der Waals surface area contributed by atoms with Crippen LogP contribution in [-0.4, -0.2) is 45.7 Å². The summed E-state index contributed by atoms with van der Waals surface area (Å²) < 4.78 is 0. The lowest BCUT2D eigenvalue weighted by Crippen LogP contribution is -2.44. The van der Waals surface area contributed by atoms with Crippen molar-refractivity contribution >= 4 is 28.4 Å². The zero-order chi connectivity index (χ0) is 18.3. The Bertz CT molecular complexity index is 881. The standard InChI is InChI=1S/C20H24N4O2/c1-3-16(25)24-10-4-5-13(12-24)23-15-6-9-21-19-17(15)14(11-22-19)18(26)20(2)7-8-20/h3,6,9,11,13H,1,4-5,7-8,10,12H2,2H3,(H2,21,22,23). The molecule has 1 aliphatic carbocycles. The highest BCUT2D eigenvalue weighted by atomic mass is 16.2. The number of carbonyl (C=O) groups is 2. The van der Waals surface area contributed by atoms with Crippen LogP contribution in [0.5, 0.6) is 0 Å². The first-order valence-corrected chi connectivity index (χ1v) is 9.20. The number of hydrogen-bond donors (Lipinski definition) is 2. The molecule has 1 aliphatic heterocycles. The van der Waals surface area contributed by atoms with Crippen molar-refractivity contribution in [2.75, 3.05) is 18.4 Å². The number of Topliss-reactive ketones (excluding diaryl/α,β-unsaturated/α-hetero) is 1. The van der Waals surface area contributed by atoms with E-state index < -0.39 is 0 Å². The molecule has 1 saturated heterocycles. The largest absolute Gasteiger partial charge is 0.380 e. The SMILES string of the molecule is C=CC(=O)N1CCCC(Nc2ccnc3[nH]cc(C(=O)C4(C)CC4)c23)C1. The average molecular weight is 352 g/mol. The van der Waals surface area contributed by atoms with Gasteiger partial charge < -0.3 is 15.2 Å². The van der Waals surface area contributed by atoms with Gasteiger partial charge in [0.1, 0.15) is 5.65 Å². The first-order valence-electron chi connectivity index (χ1n) is 9.20. The normalized spacial score (nSPS) is 21.4. The number of piperidine rings is 1. The smallest absolute Gasteiger partial charge is 0.246 e. The Balaban J connectivity index is 1.62. The molecule has 6 nitrogen and oxygen atoms in total. The molecule has 2 aliphatic rings. The Morgan fingerprint density at radius 3 is 3.00 bits per heavy atom. The van der Waals surface area contributed by atoms with Crippen LogP contribution in [0.15, 0.2) is 31.1 Å². The quantitative estimate of drug-likeness (QED) is 0.640. The molecule has 0 radical (unpaired) electrons. The number of rotatable bonds is 5. The highest BCUT2D eigenvalue weighted by Gasteiger charge is 2.46. The summed E-state index contributed by atoms with van der Waals surface area (Å²) in [6, 6.07) is 2.06. The molecule has 0 spiro atoms. The van der Waals surface area contributed by atoms with E-state index in [0.717, 1.165) is 48.9 Å². The molecule has 0 aromatic carbocycles. The number of hydrogen-bond acceptors (Lipinski definition) is 4. The minimum Gasteiger partial charge on any atom is -0.380 e. The van der Waals surface area contributed by atoms with Crippen LogP contribution in [0.2, 0.25) is 0 Å². The topological polar surface area (TPSA) is 78.1 Å². The molecule has 2 N–H and O–H groups in total. The van der Waals surface area contributed by atoms with Gasteiger partial charge in [-0.25, -0.2) is 4.98 Å². The van der Waals surface area contributed by atoms with Crippen molar-refractivity contribution in [2.45, 2.75) is 38.6 Å². The lowest BCUT2D eigenvalue weighted by Gasteiger charge is -2.33. The molecule has 3 heterocycles. The zero-order valence-corrected chi connectivity index (χ0v) is 15.0. The molecule has 1 unspecified atom stereocenters. The number of ketones is 1. The zero-order valence-electron chi connectivity index (χ0n) is 15.0. The van der Waals surface area contributed by atoms with Crippen LogP contribution in [0.3, 0.4) is 0 Å². The highest BCUT2D eigenvalue weighted by molar-refractivity contribution is 6.14. The van der Waals surface area contributed by atoms with Gasteiger partial charge in [-0.3, -0.25) is 9.59 Å². The van der Waals surface area contributed by atoms with E-state index in [9.17, 15) is 9.59 Å². The van der Waals surface area contributed by atoms with Crippen LogP contribution in [0.1, 0.15) is 43.0 Å². The number of fused-ring (bicyclic) bond motifs is 1. The maximum Gasteiger partial charge on any atom is 0.246 e. The third-order valence-electron chi connectivity index (χ3n) is 5.63. The van der Waals surface area contributed by atoms with Gasteiger partial charge in [-0.2, -0.15) is 0 Å². The average Bonchev–Trinajstić information content (AvgIpc) is 3.26. The third-order valence-corrected chi connectivity index (χ3v) is 5.63. The Labute approximate surface area is 152 Å². The molecule has 1 amide bonds. The molecule has 0 bridgehead atoms. The van der Waals surface area contributed by atoms with Crippen molar-refractivity contribution in [1.82, 2.24) is 14.9 Å². The van der Waals surface area contributed by atoms with Gasteiger partial charge in [-0.15, -0.1) is 0 Å². The van der Waals surface area contributed by atoms with Gasteiger partial charge >= 0.3 is 0 Å². The van der Waals surface area contributed by atoms with Crippen molar-refractivity contribution in [3.8, 4) is 0 Å². The predicted molar refractivity (Wildman–Crippen MR) is 101 cm³/mol. The predicted octanol–water partition coefficient (Wildman–Crippen LogP) is 3.13. The van der Waals surface area contributed by atoms with Crippen LogP contribution in [0.25, 0.3) is 11.0 Å². The van der Waals surface area contributed by atoms with Crippen LogP contribution in [0, 0.1) is 5.41 Å². The number of aromatic nitrogens is 2.